The van der Waals surface area contributed by atoms with Crippen LogP contribution < -0.4 is 0 Å². The smallest absolute Gasteiger partial charge is 0.183 e. The fourth-order valence-electron chi connectivity index (χ4n) is 1.52. The van der Waals surface area contributed by atoms with E-state index in [9.17, 15) is 0 Å². The number of rotatable bonds is 1. The van der Waals surface area contributed by atoms with Crippen molar-refractivity contribution in [3.05, 3.63) is 48.6 Å². The van der Waals surface area contributed by atoms with Crippen LogP contribution in [-0.4, -0.2) is 13.2 Å². The highest BCUT2D eigenvalue weighted by Crippen LogP contribution is 2.24. The lowest BCUT2D eigenvalue weighted by atomic mass is 10.1. The van der Waals surface area contributed by atoms with E-state index in [1.165, 1.54) is 12.0 Å². The molecule has 0 amide bonds. The van der Waals surface area contributed by atoms with Gasteiger partial charge >= 0.3 is 0 Å². The van der Waals surface area contributed by atoms with Crippen LogP contribution in [0.3, 0.4) is 0 Å². The van der Waals surface area contributed by atoms with E-state index < -0.39 is 0 Å². The predicted octanol–water partition coefficient (Wildman–Crippen LogP) is 4.90. The van der Waals surface area contributed by atoms with E-state index in [0.29, 0.717) is 5.92 Å². The standard InChI is InChI=1S/C12H16O2.C3H8.C2H4/c1-9-3-5-11(6-4-9)12-13-7-10(2)8-14-12;1-3-2;1-2/h3-6,10,12H,7-8H2,1-2H3;3H2,1-2H3;1-2H2. The summed E-state index contributed by atoms with van der Waals surface area (Å²) < 4.78 is 11.2. The molecule has 2 rings (SSSR count). The van der Waals surface area contributed by atoms with Gasteiger partial charge in [0.1, 0.15) is 0 Å². The average Bonchev–Trinajstić information content (AvgIpc) is 2.44. The molecule has 1 aromatic rings. The summed E-state index contributed by atoms with van der Waals surface area (Å²) in [7, 11) is 0. The van der Waals surface area contributed by atoms with Gasteiger partial charge in [0.2, 0.25) is 0 Å². The van der Waals surface area contributed by atoms with Crippen LogP contribution in [0.25, 0.3) is 0 Å². The molecule has 0 bridgehead atoms. The van der Waals surface area contributed by atoms with Crippen LogP contribution in [0, 0.1) is 12.8 Å². The molecule has 0 N–H and O–H groups in total. The highest BCUT2D eigenvalue weighted by Gasteiger charge is 2.20. The molecule has 0 atom stereocenters. The summed E-state index contributed by atoms with van der Waals surface area (Å²) in [5, 5.41) is 0. The Hall–Kier alpha value is -1.12. The zero-order valence-electron chi connectivity index (χ0n) is 12.8. The molecule has 1 saturated heterocycles. The number of benzene rings is 1. The lowest BCUT2D eigenvalue weighted by Gasteiger charge is -2.27. The molecule has 1 fully saturated rings. The fourth-order valence-corrected chi connectivity index (χ4v) is 1.52. The molecule has 0 unspecified atom stereocenters. The first-order valence-electron chi connectivity index (χ1n) is 6.97. The third-order valence-corrected chi connectivity index (χ3v) is 2.41. The van der Waals surface area contributed by atoms with E-state index in [1.807, 2.05) is 0 Å². The minimum Gasteiger partial charge on any atom is -0.348 e. The summed E-state index contributed by atoms with van der Waals surface area (Å²) in [5.41, 5.74) is 2.38. The second-order valence-electron chi connectivity index (χ2n) is 4.72. The molecule has 0 radical (unpaired) electrons. The summed E-state index contributed by atoms with van der Waals surface area (Å²) >= 11 is 0. The Labute approximate surface area is 118 Å². The Bertz CT molecular complexity index is 311. The zero-order chi connectivity index (χ0) is 14.7. The normalized spacial score (nSPS) is 21.5. The van der Waals surface area contributed by atoms with Crippen molar-refractivity contribution in [2.75, 3.05) is 13.2 Å². The van der Waals surface area contributed by atoms with Crippen LogP contribution in [0.1, 0.15) is 44.6 Å². The highest BCUT2D eigenvalue weighted by molar-refractivity contribution is 5.22. The maximum absolute atomic E-state index is 5.59. The Balaban J connectivity index is 0.000000573. The van der Waals surface area contributed by atoms with Crippen LogP contribution in [0.4, 0.5) is 0 Å². The Morgan fingerprint density at radius 3 is 1.89 bits per heavy atom. The van der Waals surface area contributed by atoms with E-state index in [2.05, 4.69) is 65.1 Å². The minimum absolute atomic E-state index is 0.160. The molecule has 0 aliphatic carbocycles. The van der Waals surface area contributed by atoms with Crippen molar-refractivity contribution in [3.63, 3.8) is 0 Å². The van der Waals surface area contributed by atoms with E-state index >= 15 is 0 Å². The van der Waals surface area contributed by atoms with Gasteiger partial charge in [0.15, 0.2) is 6.29 Å². The fraction of sp³-hybridized carbons (Fsp3) is 0.529. The second-order valence-corrected chi connectivity index (χ2v) is 4.72. The monoisotopic (exact) mass is 264 g/mol. The molecular weight excluding hydrogens is 236 g/mol. The van der Waals surface area contributed by atoms with E-state index in [-0.39, 0.29) is 6.29 Å². The lowest BCUT2D eigenvalue weighted by molar-refractivity contribution is -0.202. The van der Waals surface area contributed by atoms with Crippen LogP contribution >= 0.6 is 0 Å². The summed E-state index contributed by atoms with van der Waals surface area (Å²) in [5.74, 6) is 0.511. The molecule has 1 aliphatic rings. The molecule has 1 heterocycles. The molecule has 0 saturated carbocycles. The van der Waals surface area contributed by atoms with Gasteiger partial charge in [0.05, 0.1) is 13.2 Å². The highest BCUT2D eigenvalue weighted by atomic mass is 16.7. The molecule has 1 aromatic carbocycles. The summed E-state index contributed by atoms with van der Waals surface area (Å²) in [6.07, 6.45) is 1.09. The van der Waals surface area contributed by atoms with Crippen molar-refractivity contribution in [2.45, 2.75) is 40.4 Å². The van der Waals surface area contributed by atoms with Gasteiger partial charge in [-0.2, -0.15) is 0 Å². The van der Waals surface area contributed by atoms with Crippen molar-refractivity contribution in [3.8, 4) is 0 Å². The molecule has 19 heavy (non-hydrogen) atoms. The van der Waals surface area contributed by atoms with Crippen LogP contribution in [0.5, 0.6) is 0 Å². The molecule has 0 aromatic heterocycles. The maximum Gasteiger partial charge on any atom is 0.183 e. The van der Waals surface area contributed by atoms with Crippen molar-refractivity contribution >= 4 is 0 Å². The average molecular weight is 264 g/mol. The number of aryl methyl sites for hydroxylation is 1. The number of hydrogen-bond acceptors (Lipinski definition) is 2. The topological polar surface area (TPSA) is 18.5 Å². The van der Waals surface area contributed by atoms with Crippen molar-refractivity contribution in [1.29, 1.82) is 0 Å². The molecule has 0 spiro atoms. The molecular formula is C17H28O2. The van der Waals surface area contributed by atoms with Crippen molar-refractivity contribution in [1.82, 2.24) is 0 Å². The van der Waals surface area contributed by atoms with Crippen LogP contribution in [-0.2, 0) is 9.47 Å². The summed E-state index contributed by atoms with van der Waals surface area (Å²) in [6, 6.07) is 8.30. The number of ether oxygens (including phenoxy) is 2. The second kappa shape index (κ2) is 10.8. The summed E-state index contributed by atoms with van der Waals surface area (Å²) in [4.78, 5) is 0. The van der Waals surface area contributed by atoms with Gasteiger partial charge in [-0.3, -0.25) is 0 Å². The summed E-state index contributed by atoms with van der Waals surface area (Å²) in [6.45, 7) is 16.0. The van der Waals surface area contributed by atoms with Gasteiger partial charge in [-0.05, 0) is 6.92 Å². The van der Waals surface area contributed by atoms with Crippen LogP contribution in [0.15, 0.2) is 37.4 Å². The first-order chi connectivity index (χ1) is 9.17. The largest absolute Gasteiger partial charge is 0.348 e. The first-order valence-corrected chi connectivity index (χ1v) is 6.97. The minimum atomic E-state index is -0.160. The van der Waals surface area contributed by atoms with E-state index in [1.54, 1.807) is 0 Å². The zero-order valence-corrected chi connectivity index (χ0v) is 12.8. The quantitative estimate of drug-likeness (QED) is 0.672. The van der Waals surface area contributed by atoms with Gasteiger partial charge in [-0.25, -0.2) is 0 Å². The van der Waals surface area contributed by atoms with Gasteiger partial charge in [-0.15, -0.1) is 13.2 Å². The van der Waals surface area contributed by atoms with Gasteiger partial charge < -0.3 is 9.47 Å². The lowest BCUT2D eigenvalue weighted by Crippen LogP contribution is -2.24. The molecule has 1 aliphatic heterocycles. The van der Waals surface area contributed by atoms with Crippen molar-refractivity contribution in [2.24, 2.45) is 5.92 Å². The molecule has 108 valence electrons. The van der Waals surface area contributed by atoms with Crippen molar-refractivity contribution < 1.29 is 9.47 Å². The molecule has 2 nitrogen and oxygen atoms in total. The van der Waals surface area contributed by atoms with Crippen LogP contribution in [0.2, 0.25) is 0 Å². The number of hydrogen-bond donors (Lipinski definition) is 0. The SMILES string of the molecule is C=C.CCC.Cc1ccc(C2OCC(C)CO2)cc1. The van der Waals surface area contributed by atoms with E-state index in [0.717, 1.165) is 18.8 Å². The first kappa shape index (κ1) is 17.9. The van der Waals surface area contributed by atoms with Gasteiger partial charge in [-0.1, -0.05) is 57.0 Å². The molecule has 2 heteroatoms. The van der Waals surface area contributed by atoms with Gasteiger partial charge in [0.25, 0.3) is 0 Å². The van der Waals surface area contributed by atoms with E-state index in [4.69, 9.17) is 9.47 Å². The third kappa shape index (κ3) is 7.14. The third-order valence-electron chi connectivity index (χ3n) is 2.41. The Kier molecular flexibility index (Phi) is 10.1. The maximum atomic E-state index is 5.59. The predicted molar refractivity (Wildman–Crippen MR) is 82.2 cm³/mol. The Morgan fingerprint density at radius 1 is 1.05 bits per heavy atom. The Morgan fingerprint density at radius 2 is 1.47 bits per heavy atom. The van der Waals surface area contributed by atoms with Gasteiger partial charge in [0, 0.05) is 11.5 Å².